The van der Waals surface area contributed by atoms with Crippen LogP contribution in [-0.4, -0.2) is 24.7 Å². The molecule has 0 aliphatic carbocycles. The van der Waals surface area contributed by atoms with Crippen LogP contribution in [-0.2, 0) is 0 Å². The number of methoxy groups -OCH3 is 1. The van der Waals surface area contributed by atoms with Crippen LogP contribution in [0.5, 0.6) is 5.75 Å². The number of aldehydes is 2. The first-order valence-electron chi connectivity index (χ1n) is 4.17. The van der Waals surface area contributed by atoms with Crippen molar-refractivity contribution in [3.8, 4) is 5.75 Å². The highest BCUT2D eigenvalue weighted by Gasteiger charge is 2.15. The Morgan fingerprint density at radius 3 is 2.80 bits per heavy atom. The first kappa shape index (κ1) is 9.79. The molecule has 0 aromatic carbocycles. The lowest BCUT2D eigenvalue weighted by Gasteiger charge is -2.00. The van der Waals surface area contributed by atoms with E-state index >= 15 is 0 Å². The fourth-order valence-electron chi connectivity index (χ4n) is 1.41. The van der Waals surface area contributed by atoms with E-state index in [0.29, 0.717) is 39.0 Å². The number of nitrogens with zero attached hydrogens (tertiary/aromatic N) is 1. The average molecular weight is 221 g/mol. The molecule has 15 heavy (non-hydrogen) atoms. The lowest BCUT2D eigenvalue weighted by atomic mass is 10.2. The van der Waals surface area contributed by atoms with Crippen LogP contribution in [0.1, 0.15) is 20.0 Å². The van der Waals surface area contributed by atoms with Gasteiger partial charge in [-0.25, -0.2) is 4.98 Å². The molecule has 0 atom stereocenters. The maximum atomic E-state index is 10.9. The van der Waals surface area contributed by atoms with Gasteiger partial charge in [0.2, 0.25) is 0 Å². The highest BCUT2D eigenvalue weighted by molar-refractivity contribution is 7.20. The smallest absolute Gasteiger partial charge is 0.160 e. The number of carbonyl (C=O) groups excluding carboxylic acids is 2. The zero-order valence-electron chi connectivity index (χ0n) is 7.89. The zero-order valence-corrected chi connectivity index (χ0v) is 8.71. The van der Waals surface area contributed by atoms with Crippen molar-refractivity contribution in [3.63, 3.8) is 0 Å². The number of carbonyl (C=O) groups is 2. The summed E-state index contributed by atoms with van der Waals surface area (Å²) in [5.74, 6) is 0.562. The molecule has 0 amide bonds. The van der Waals surface area contributed by atoms with Gasteiger partial charge < -0.3 is 4.74 Å². The second-order valence-electron chi connectivity index (χ2n) is 2.81. The summed E-state index contributed by atoms with van der Waals surface area (Å²) in [6.07, 6.45) is 2.91. The van der Waals surface area contributed by atoms with Gasteiger partial charge in [-0.15, -0.1) is 11.3 Å². The molecule has 2 aromatic rings. The lowest BCUT2D eigenvalue weighted by molar-refractivity contribution is 0.109. The maximum absolute atomic E-state index is 10.9. The molecule has 2 aromatic heterocycles. The number of pyridine rings is 1. The predicted molar refractivity (Wildman–Crippen MR) is 56.9 cm³/mol. The normalized spacial score (nSPS) is 10.2. The molecule has 5 heteroatoms. The van der Waals surface area contributed by atoms with Crippen LogP contribution in [0.2, 0.25) is 0 Å². The number of aromatic nitrogens is 1. The second kappa shape index (κ2) is 3.78. The molecule has 76 valence electrons. The summed E-state index contributed by atoms with van der Waals surface area (Å²) in [6.45, 7) is 0. The molecule has 0 unspecified atom stereocenters. The second-order valence-corrected chi connectivity index (χ2v) is 3.84. The van der Waals surface area contributed by atoms with Gasteiger partial charge in [0.25, 0.3) is 0 Å². The highest BCUT2D eigenvalue weighted by Crippen LogP contribution is 2.33. The molecular weight excluding hydrogens is 214 g/mol. The molecule has 0 bridgehead atoms. The van der Waals surface area contributed by atoms with Crippen molar-refractivity contribution in [1.82, 2.24) is 4.98 Å². The zero-order chi connectivity index (χ0) is 10.8. The molecule has 0 saturated carbocycles. The first-order valence-corrected chi connectivity index (χ1v) is 4.99. The highest BCUT2D eigenvalue weighted by atomic mass is 32.1. The van der Waals surface area contributed by atoms with Gasteiger partial charge >= 0.3 is 0 Å². The van der Waals surface area contributed by atoms with Crippen molar-refractivity contribution in [1.29, 1.82) is 0 Å². The van der Waals surface area contributed by atoms with Gasteiger partial charge in [-0.2, -0.15) is 0 Å². The van der Waals surface area contributed by atoms with E-state index in [2.05, 4.69) is 4.98 Å². The molecule has 0 spiro atoms. The van der Waals surface area contributed by atoms with Crippen molar-refractivity contribution >= 4 is 34.1 Å². The quantitative estimate of drug-likeness (QED) is 0.743. The number of rotatable bonds is 3. The van der Waals surface area contributed by atoms with Crippen molar-refractivity contribution in [2.45, 2.75) is 0 Å². The Kier molecular flexibility index (Phi) is 2.47. The number of hydrogen-bond acceptors (Lipinski definition) is 5. The minimum Gasteiger partial charge on any atom is -0.496 e. The SMILES string of the molecule is COc1ccnc2sc(C=O)c(C=O)c12. The summed E-state index contributed by atoms with van der Waals surface area (Å²) in [4.78, 5) is 26.7. The van der Waals surface area contributed by atoms with E-state index in [1.807, 2.05) is 0 Å². The van der Waals surface area contributed by atoms with Crippen molar-refractivity contribution in [3.05, 3.63) is 22.7 Å². The molecule has 0 aliphatic rings. The van der Waals surface area contributed by atoms with Gasteiger partial charge in [0.05, 0.1) is 17.4 Å². The van der Waals surface area contributed by atoms with E-state index in [1.165, 1.54) is 18.4 Å². The van der Waals surface area contributed by atoms with Crippen LogP contribution >= 0.6 is 11.3 Å². The molecule has 0 fully saturated rings. The van der Waals surface area contributed by atoms with Crippen molar-refractivity contribution in [2.75, 3.05) is 7.11 Å². The van der Waals surface area contributed by atoms with Crippen LogP contribution in [0.15, 0.2) is 12.3 Å². The van der Waals surface area contributed by atoms with Crippen LogP contribution in [0.3, 0.4) is 0 Å². The Labute approximate surface area is 89.5 Å². The largest absolute Gasteiger partial charge is 0.496 e. The molecule has 0 saturated heterocycles. The minimum absolute atomic E-state index is 0.356. The summed E-state index contributed by atoms with van der Waals surface area (Å²) < 4.78 is 5.12. The Bertz CT molecular complexity index is 533. The molecule has 0 aliphatic heterocycles. The van der Waals surface area contributed by atoms with Crippen LogP contribution in [0.4, 0.5) is 0 Å². The van der Waals surface area contributed by atoms with Crippen LogP contribution in [0.25, 0.3) is 10.2 Å². The number of fused-ring (bicyclic) bond motifs is 1. The Hall–Kier alpha value is -1.75. The standard InChI is InChI=1S/C10H7NO3S/c1-14-7-2-3-11-10-9(7)6(4-12)8(5-13)15-10/h2-5H,1H3. The Balaban J connectivity index is 2.89. The summed E-state index contributed by atoms with van der Waals surface area (Å²) >= 11 is 1.19. The number of hydrogen-bond donors (Lipinski definition) is 0. The molecule has 2 heterocycles. The van der Waals surface area contributed by atoms with Crippen LogP contribution in [0, 0.1) is 0 Å². The van der Waals surface area contributed by atoms with Gasteiger partial charge in [0.15, 0.2) is 12.6 Å². The number of ether oxygens (including phenoxy) is 1. The van der Waals surface area contributed by atoms with Gasteiger partial charge in [0.1, 0.15) is 10.6 Å². The molecule has 0 N–H and O–H groups in total. The fourth-order valence-corrected chi connectivity index (χ4v) is 2.35. The maximum Gasteiger partial charge on any atom is 0.160 e. The Morgan fingerprint density at radius 1 is 1.40 bits per heavy atom. The van der Waals surface area contributed by atoms with E-state index in [4.69, 9.17) is 4.74 Å². The molecule has 4 nitrogen and oxygen atoms in total. The van der Waals surface area contributed by atoms with E-state index in [1.54, 1.807) is 12.3 Å². The van der Waals surface area contributed by atoms with E-state index < -0.39 is 0 Å². The predicted octanol–water partition coefficient (Wildman–Crippen LogP) is 1.93. The molecular formula is C10H7NO3S. The Morgan fingerprint density at radius 2 is 2.20 bits per heavy atom. The topological polar surface area (TPSA) is 56.3 Å². The molecule has 0 radical (unpaired) electrons. The summed E-state index contributed by atoms with van der Waals surface area (Å²) in [5.41, 5.74) is 0.356. The van der Waals surface area contributed by atoms with Gasteiger partial charge in [-0.05, 0) is 6.07 Å². The van der Waals surface area contributed by atoms with E-state index in [9.17, 15) is 9.59 Å². The van der Waals surface area contributed by atoms with Crippen LogP contribution < -0.4 is 4.74 Å². The summed E-state index contributed by atoms with van der Waals surface area (Å²) in [6, 6.07) is 1.66. The van der Waals surface area contributed by atoms with E-state index in [-0.39, 0.29) is 0 Å². The number of thiophene rings is 1. The summed E-state index contributed by atoms with van der Waals surface area (Å²) in [7, 11) is 1.52. The van der Waals surface area contributed by atoms with Gasteiger partial charge in [-0.3, -0.25) is 9.59 Å². The average Bonchev–Trinajstić information content (AvgIpc) is 2.66. The minimum atomic E-state index is 0.356. The fraction of sp³-hybridized carbons (Fsp3) is 0.100. The monoisotopic (exact) mass is 221 g/mol. The molecule has 2 rings (SSSR count). The van der Waals surface area contributed by atoms with E-state index in [0.717, 1.165) is 0 Å². The van der Waals surface area contributed by atoms with Crippen molar-refractivity contribution < 1.29 is 14.3 Å². The van der Waals surface area contributed by atoms with Gasteiger partial charge in [-0.1, -0.05) is 0 Å². The third-order valence-corrected chi connectivity index (χ3v) is 3.10. The third-order valence-electron chi connectivity index (χ3n) is 2.06. The van der Waals surface area contributed by atoms with Gasteiger partial charge in [0, 0.05) is 11.8 Å². The third kappa shape index (κ3) is 1.41. The summed E-state index contributed by atoms with van der Waals surface area (Å²) in [5, 5.41) is 0.613. The lowest BCUT2D eigenvalue weighted by Crippen LogP contribution is -1.88. The first-order chi connectivity index (χ1) is 7.31. The van der Waals surface area contributed by atoms with Crippen molar-refractivity contribution in [2.24, 2.45) is 0 Å².